The van der Waals surface area contributed by atoms with E-state index in [0.717, 1.165) is 25.0 Å². The maximum atomic E-state index is 12.7. The van der Waals surface area contributed by atoms with Crippen LogP contribution in [-0.4, -0.2) is 34.8 Å². The average molecular weight is 286 g/mol. The fourth-order valence-electron chi connectivity index (χ4n) is 3.60. The van der Waals surface area contributed by atoms with E-state index in [4.69, 9.17) is 5.21 Å². The van der Waals surface area contributed by atoms with Crippen molar-refractivity contribution in [3.63, 3.8) is 0 Å². The number of likely N-dealkylation sites (tertiary alicyclic amines) is 1. The predicted octanol–water partition coefficient (Wildman–Crippen LogP) is 2.49. The maximum Gasteiger partial charge on any atom is 0.226 e. The van der Waals surface area contributed by atoms with Crippen molar-refractivity contribution < 1.29 is 10.0 Å². The van der Waals surface area contributed by atoms with Crippen molar-refractivity contribution in [2.75, 3.05) is 13.1 Å². The van der Waals surface area contributed by atoms with Gasteiger partial charge in [0.1, 0.15) is 0 Å². The lowest BCUT2D eigenvalue weighted by Gasteiger charge is -2.34. The molecule has 1 N–H and O–H groups in total. The summed E-state index contributed by atoms with van der Waals surface area (Å²) in [5.74, 6) is 0.561. The van der Waals surface area contributed by atoms with Gasteiger partial charge in [-0.2, -0.15) is 0 Å². The van der Waals surface area contributed by atoms with Crippen LogP contribution in [0, 0.1) is 11.8 Å². The third-order valence-electron chi connectivity index (χ3n) is 4.88. The van der Waals surface area contributed by atoms with E-state index in [1.54, 1.807) is 0 Å². The highest BCUT2D eigenvalue weighted by atomic mass is 16.4. The Morgan fingerprint density at radius 2 is 2.00 bits per heavy atom. The molecular formula is C17H22N2O2. The lowest BCUT2D eigenvalue weighted by atomic mass is 9.92. The molecule has 1 aliphatic carbocycles. The molecule has 4 nitrogen and oxygen atoms in total. The minimum atomic E-state index is 0.0903. The van der Waals surface area contributed by atoms with Crippen molar-refractivity contribution in [3.05, 3.63) is 35.4 Å². The molecule has 0 radical (unpaired) electrons. The number of hydrogen-bond acceptors (Lipinski definition) is 3. The molecule has 0 bridgehead atoms. The molecule has 1 amide bonds. The first kappa shape index (κ1) is 14.1. The molecular weight excluding hydrogens is 264 g/mol. The minimum absolute atomic E-state index is 0.0903. The van der Waals surface area contributed by atoms with E-state index in [9.17, 15) is 4.79 Å². The Hall–Kier alpha value is -1.84. The molecule has 1 unspecified atom stereocenters. The minimum Gasteiger partial charge on any atom is -0.411 e. The van der Waals surface area contributed by atoms with Crippen molar-refractivity contribution in [3.8, 4) is 0 Å². The highest BCUT2D eigenvalue weighted by molar-refractivity contribution is 5.89. The van der Waals surface area contributed by atoms with Gasteiger partial charge in [0.05, 0.1) is 5.71 Å². The molecule has 0 saturated carbocycles. The Morgan fingerprint density at radius 3 is 2.57 bits per heavy atom. The number of oxime groups is 1. The van der Waals surface area contributed by atoms with E-state index in [-0.39, 0.29) is 17.7 Å². The monoisotopic (exact) mass is 286 g/mol. The quantitative estimate of drug-likeness (QED) is 0.671. The number of carbonyl (C=O) groups is 1. The molecule has 0 aromatic heterocycles. The molecule has 3 rings (SSSR count). The molecule has 1 fully saturated rings. The maximum absolute atomic E-state index is 12.7. The third kappa shape index (κ3) is 2.67. The summed E-state index contributed by atoms with van der Waals surface area (Å²) in [4.78, 5) is 14.7. The highest BCUT2D eigenvalue weighted by Gasteiger charge is 2.34. The molecule has 2 aliphatic rings. The van der Waals surface area contributed by atoms with Crippen molar-refractivity contribution >= 4 is 11.6 Å². The fourth-order valence-corrected chi connectivity index (χ4v) is 3.60. The van der Waals surface area contributed by atoms with Crippen LogP contribution in [0.2, 0.25) is 0 Å². The van der Waals surface area contributed by atoms with Crippen LogP contribution in [0.3, 0.4) is 0 Å². The van der Waals surface area contributed by atoms with Gasteiger partial charge in [-0.15, -0.1) is 0 Å². The van der Waals surface area contributed by atoms with Gasteiger partial charge in [-0.1, -0.05) is 36.3 Å². The number of hydrogen-bond donors (Lipinski definition) is 1. The van der Waals surface area contributed by atoms with Gasteiger partial charge < -0.3 is 10.1 Å². The van der Waals surface area contributed by atoms with Crippen LogP contribution in [0.4, 0.5) is 0 Å². The second-order valence-corrected chi connectivity index (χ2v) is 6.10. The number of benzene rings is 1. The van der Waals surface area contributed by atoms with E-state index < -0.39 is 0 Å². The molecule has 0 spiro atoms. The Labute approximate surface area is 125 Å². The Bertz CT molecular complexity index is 543. The Morgan fingerprint density at radius 1 is 1.33 bits per heavy atom. The SMILES string of the molecule is CCC1CN(C(=O)C2Cc3ccccc3C2)CC/C1=N\O. The number of piperidine rings is 1. The molecule has 112 valence electrons. The third-order valence-corrected chi connectivity index (χ3v) is 4.88. The van der Waals surface area contributed by atoms with Gasteiger partial charge in [-0.3, -0.25) is 4.79 Å². The number of fused-ring (bicyclic) bond motifs is 1. The Balaban J connectivity index is 1.67. The normalized spacial score (nSPS) is 24.3. The molecule has 1 aromatic carbocycles. The van der Waals surface area contributed by atoms with Crippen LogP contribution in [0.15, 0.2) is 29.4 Å². The summed E-state index contributed by atoms with van der Waals surface area (Å²) in [5, 5.41) is 12.4. The zero-order valence-electron chi connectivity index (χ0n) is 12.5. The molecule has 1 aliphatic heterocycles. The predicted molar refractivity (Wildman–Crippen MR) is 81.5 cm³/mol. The first-order chi connectivity index (χ1) is 10.2. The van der Waals surface area contributed by atoms with Crippen molar-refractivity contribution in [2.45, 2.75) is 32.6 Å². The molecule has 4 heteroatoms. The molecule has 1 aromatic rings. The Kier molecular flexibility index (Phi) is 3.95. The molecule has 21 heavy (non-hydrogen) atoms. The first-order valence-corrected chi connectivity index (χ1v) is 7.79. The summed E-state index contributed by atoms with van der Waals surface area (Å²) in [5.41, 5.74) is 3.48. The number of amides is 1. The second kappa shape index (κ2) is 5.88. The summed E-state index contributed by atoms with van der Waals surface area (Å²) in [6.07, 6.45) is 3.33. The highest BCUT2D eigenvalue weighted by Crippen LogP contribution is 2.29. The van der Waals surface area contributed by atoms with Gasteiger partial charge in [0.2, 0.25) is 5.91 Å². The second-order valence-electron chi connectivity index (χ2n) is 6.10. The fraction of sp³-hybridized carbons (Fsp3) is 0.529. The van der Waals surface area contributed by atoms with Crippen molar-refractivity contribution in [1.29, 1.82) is 0 Å². The molecule has 1 heterocycles. The van der Waals surface area contributed by atoms with E-state index in [1.807, 2.05) is 17.0 Å². The largest absolute Gasteiger partial charge is 0.411 e. The van der Waals surface area contributed by atoms with E-state index in [0.29, 0.717) is 19.5 Å². The molecule has 1 atom stereocenters. The van der Waals surface area contributed by atoms with E-state index >= 15 is 0 Å². The number of nitrogens with zero attached hydrogens (tertiary/aromatic N) is 2. The zero-order chi connectivity index (χ0) is 14.8. The van der Waals surface area contributed by atoms with Crippen LogP contribution in [0.5, 0.6) is 0 Å². The van der Waals surface area contributed by atoms with E-state index in [2.05, 4.69) is 24.2 Å². The smallest absolute Gasteiger partial charge is 0.226 e. The summed E-state index contributed by atoms with van der Waals surface area (Å²) < 4.78 is 0. The standard InChI is InChI=1S/C17H22N2O2/c1-2-12-11-19(8-7-16(12)18-21)17(20)15-9-13-5-3-4-6-14(13)10-15/h3-6,12,15,21H,2,7-11H2,1H3/b18-16+. The van der Waals surface area contributed by atoms with Gasteiger partial charge in [-0.05, 0) is 30.4 Å². The van der Waals surface area contributed by atoms with Gasteiger partial charge >= 0.3 is 0 Å². The summed E-state index contributed by atoms with van der Waals surface area (Å²) in [6, 6.07) is 8.35. The summed E-state index contributed by atoms with van der Waals surface area (Å²) in [6.45, 7) is 3.46. The van der Waals surface area contributed by atoms with Crippen molar-refractivity contribution in [2.24, 2.45) is 17.0 Å². The summed E-state index contributed by atoms with van der Waals surface area (Å²) >= 11 is 0. The van der Waals surface area contributed by atoms with Gasteiger partial charge in [0, 0.05) is 31.3 Å². The van der Waals surface area contributed by atoms with Crippen LogP contribution in [-0.2, 0) is 17.6 Å². The lowest BCUT2D eigenvalue weighted by molar-refractivity contribution is -0.136. The van der Waals surface area contributed by atoms with Crippen LogP contribution in [0.1, 0.15) is 30.9 Å². The van der Waals surface area contributed by atoms with Gasteiger partial charge in [0.25, 0.3) is 0 Å². The lowest BCUT2D eigenvalue weighted by Crippen LogP contribution is -2.46. The number of rotatable bonds is 2. The number of carbonyl (C=O) groups excluding carboxylic acids is 1. The van der Waals surface area contributed by atoms with Crippen molar-refractivity contribution in [1.82, 2.24) is 4.90 Å². The first-order valence-electron chi connectivity index (χ1n) is 7.79. The zero-order valence-corrected chi connectivity index (χ0v) is 12.5. The topological polar surface area (TPSA) is 52.9 Å². The van der Waals surface area contributed by atoms with Crippen LogP contribution < -0.4 is 0 Å². The van der Waals surface area contributed by atoms with Crippen LogP contribution >= 0.6 is 0 Å². The van der Waals surface area contributed by atoms with Crippen LogP contribution in [0.25, 0.3) is 0 Å². The molecule has 1 saturated heterocycles. The van der Waals surface area contributed by atoms with Gasteiger partial charge in [-0.25, -0.2) is 0 Å². The van der Waals surface area contributed by atoms with E-state index in [1.165, 1.54) is 11.1 Å². The summed E-state index contributed by atoms with van der Waals surface area (Å²) in [7, 11) is 0. The average Bonchev–Trinajstić information content (AvgIpc) is 2.97. The van der Waals surface area contributed by atoms with Gasteiger partial charge in [0.15, 0.2) is 0 Å².